The third-order valence-electron chi connectivity index (χ3n) is 5.42. The number of anilines is 1. The van der Waals surface area contributed by atoms with Gasteiger partial charge < -0.3 is 10.6 Å². The summed E-state index contributed by atoms with van der Waals surface area (Å²) >= 11 is 0. The first-order valence-electron chi connectivity index (χ1n) is 9.23. The average Bonchev–Trinajstić information content (AvgIpc) is 2.53. The van der Waals surface area contributed by atoms with Gasteiger partial charge in [0, 0.05) is 29.9 Å². The molecule has 2 saturated carbocycles. The minimum Gasteiger partial charge on any atom is -0.368 e. The van der Waals surface area contributed by atoms with E-state index < -0.39 is 5.91 Å². The monoisotopic (exact) mass is 353 g/mol. The second-order valence-electron chi connectivity index (χ2n) is 7.16. The van der Waals surface area contributed by atoms with Crippen LogP contribution in [0.3, 0.4) is 0 Å². The van der Waals surface area contributed by atoms with E-state index in [1.165, 1.54) is 44.6 Å². The molecule has 0 aromatic carbocycles. The molecule has 4 rings (SSSR count). The van der Waals surface area contributed by atoms with Crippen molar-refractivity contribution in [3.63, 3.8) is 0 Å². The number of carbonyl (C=O) groups is 1. The fourth-order valence-corrected chi connectivity index (χ4v) is 3.56. The van der Waals surface area contributed by atoms with E-state index in [-0.39, 0.29) is 12.1 Å². The molecule has 0 atom stereocenters. The Morgan fingerprint density at radius 1 is 1.12 bits per heavy atom. The van der Waals surface area contributed by atoms with Gasteiger partial charge in [-0.15, -0.1) is 0 Å². The minimum atomic E-state index is -0.595. The highest BCUT2D eigenvalue weighted by atomic mass is 16.2. The molecule has 2 heterocycles. The molecule has 7 heteroatoms. The Morgan fingerprint density at radius 3 is 2.31 bits per heavy atom. The van der Waals surface area contributed by atoms with Crippen LogP contribution < -0.4 is 16.2 Å². The highest BCUT2D eigenvalue weighted by Crippen LogP contribution is 2.36. The Balaban J connectivity index is 1.59. The second-order valence-corrected chi connectivity index (χ2v) is 7.16. The van der Waals surface area contributed by atoms with Gasteiger partial charge in [0.1, 0.15) is 12.4 Å². The highest BCUT2D eigenvalue weighted by Gasteiger charge is 2.34. The van der Waals surface area contributed by atoms with Gasteiger partial charge in [0.05, 0.1) is 5.69 Å². The number of hydrogen-bond acceptors (Lipinski definition) is 5. The molecule has 0 bridgehead atoms. The lowest BCUT2D eigenvalue weighted by Crippen LogP contribution is -2.50. The van der Waals surface area contributed by atoms with Crippen LogP contribution in [0.15, 0.2) is 35.3 Å². The molecule has 26 heavy (non-hydrogen) atoms. The van der Waals surface area contributed by atoms with Crippen LogP contribution in [-0.4, -0.2) is 32.8 Å². The number of primary amides is 1. The van der Waals surface area contributed by atoms with Gasteiger partial charge >= 0.3 is 0 Å². The maximum absolute atomic E-state index is 11.8. The topological polar surface area (TPSA) is 94.1 Å². The average molecular weight is 353 g/mol. The standard InChI is InChI=1S/C19H23N5O2/c20-17(25)12-23-19(26)10-8-16(22-23)13-7-9-18(21-11-13)24(14-3-1-4-14)15-5-2-6-15/h7-11,14-15H,1-6,12H2,(H2,20,25). The minimum absolute atomic E-state index is 0.227. The zero-order chi connectivity index (χ0) is 18.1. The summed E-state index contributed by atoms with van der Waals surface area (Å²) in [6, 6.07) is 8.30. The molecule has 2 N–H and O–H groups in total. The molecule has 0 aliphatic heterocycles. The van der Waals surface area contributed by atoms with Crippen molar-refractivity contribution in [3.05, 3.63) is 40.8 Å². The SMILES string of the molecule is NC(=O)Cn1nc(-c2ccc(N(C3CCC3)C3CCC3)nc2)ccc1=O. The van der Waals surface area contributed by atoms with Gasteiger partial charge in [0.2, 0.25) is 5.91 Å². The lowest BCUT2D eigenvalue weighted by molar-refractivity contribution is -0.118. The summed E-state index contributed by atoms with van der Waals surface area (Å²) in [5, 5.41) is 4.23. The van der Waals surface area contributed by atoms with Crippen LogP contribution in [-0.2, 0) is 11.3 Å². The van der Waals surface area contributed by atoms with Gasteiger partial charge in [-0.1, -0.05) is 0 Å². The Hall–Kier alpha value is -2.70. The fraction of sp³-hybridized carbons (Fsp3) is 0.474. The van der Waals surface area contributed by atoms with Gasteiger partial charge in [-0.2, -0.15) is 5.10 Å². The number of nitrogens with zero attached hydrogens (tertiary/aromatic N) is 4. The zero-order valence-corrected chi connectivity index (χ0v) is 14.7. The number of amides is 1. The van der Waals surface area contributed by atoms with Crippen molar-refractivity contribution in [1.29, 1.82) is 0 Å². The fourth-order valence-electron chi connectivity index (χ4n) is 3.56. The Morgan fingerprint density at radius 2 is 1.81 bits per heavy atom. The zero-order valence-electron chi connectivity index (χ0n) is 14.7. The first kappa shape index (κ1) is 16.8. The van der Waals surface area contributed by atoms with Crippen molar-refractivity contribution >= 4 is 11.7 Å². The van der Waals surface area contributed by atoms with Crippen molar-refractivity contribution in [2.75, 3.05) is 4.90 Å². The summed E-state index contributed by atoms with van der Waals surface area (Å²) in [6.45, 7) is -0.227. The lowest BCUT2D eigenvalue weighted by atomic mass is 9.84. The van der Waals surface area contributed by atoms with Crippen molar-refractivity contribution in [2.45, 2.75) is 57.2 Å². The number of nitrogens with two attached hydrogens (primary N) is 1. The molecule has 2 aliphatic rings. The van der Waals surface area contributed by atoms with E-state index in [9.17, 15) is 9.59 Å². The third-order valence-corrected chi connectivity index (χ3v) is 5.42. The first-order chi connectivity index (χ1) is 12.6. The van der Waals surface area contributed by atoms with Crippen LogP contribution in [0.1, 0.15) is 38.5 Å². The van der Waals surface area contributed by atoms with E-state index in [2.05, 4.69) is 15.0 Å². The van der Waals surface area contributed by atoms with Crippen LogP contribution in [0.4, 0.5) is 5.82 Å². The molecule has 7 nitrogen and oxygen atoms in total. The normalized spacial score (nSPS) is 17.4. The van der Waals surface area contributed by atoms with Gasteiger partial charge in [-0.3, -0.25) is 9.59 Å². The van der Waals surface area contributed by atoms with Crippen molar-refractivity contribution in [2.24, 2.45) is 5.73 Å². The van der Waals surface area contributed by atoms with Crippen LogP contribution in [0.5, 0.6) is 0 Å². The smallest absolute Gasteiger partial charge is 0.267 e. The van der Waals surface area contributed by atoms with Crippen LogP contribution >= 0.6 is 0 Å². The Labute approximate surface area is 151 Å². The predicted octanol–water partition coefficient (Wildman–Crippen LogP) is 1.70. The van der Waals surface area contributed by atoms with E-state index in [4.69, 9.17) is 5.73 Å². The van der Waals surface area contributed by atoms with Gasteiger partial charge in [0.15, 0.2) is 0 Å². The Kier molecular flexibility index (Phi) is 4.44. The number of aromatic nitrogens is 3. The summed E-state index contributed by atoms with van der Waals surface area (Å²) in [4.78, 5) is 30.0. The summed E-state index contributed by atoms with van der Waals surface area (Å²) in [6.07, 6.45) is 9.40. The molecule has 2 aromatic rings. The molecule has 2 fully saturated rings. The van der Waals surface area contributed by atoms with Crippen molar-refractivity contribution in [1.82, 2.24) is 14.8 Å². The first-order valence-corrected chi connectivity index (χ1v) is 9.23. The number of rotatable bonds is 6. The molecule has 2 aliphatic carbocycles. The molecule has 0 radical (unpaired) electrons. The largest absolute Gasteiger partial charge is 0.368 e. The Bertz CT molecular complexity index is 839. The maximum atomic E-state index is 11.8. The molecular weight excluding hydrogens is 330 g/mol. The van der Waals surface area contributed by atoms with E-state index >= 15 is 0 Å². The number of carbonyl (C=O) groups excluding carboxylic acids is 1. The van der Waals surface area contributed by atoms with E-state index in [1.54, 1.807) is 12.3 Å². The molecule has 0 saturated heterocycles. The molecule has 1 amide bonds. The molecule has 136 valence electrons. The molecule has 0 unspecified atom stereocenters. The summed E-state index contributed by atoms with van der Waals surface area (Å²) in [5.41, 5.74) is 6.24. The van der Waals surface area contributed by atoms with E-state index in [1.807, 2.05) is 12.1 Å². The number of hydrogen-bond donors (Lipinski definition) is 1. The summed E-state index contributed by atoms with van der Waals surface area (Å²) in [5.74, 6) is 0.426. The molecular formula is C19H23N5O2. The van der Waals surface area contributed by atoms with Crippen LogP contribution in [0, 0.1) is 0 Å². The molecule has 0 spiro atoms. The summed E-state index contributed by atoms with van der Waals surface area (Å²) in [7, 11) is 0. The quantitative estimate of drug-likeness (QED) is 0.853. The van der Waals surface area contributed by atoms with Crippen LogP contribution in [0.25, 0.3) is 11.3 Å². The third kappa shape index (κ3) is 3.21. The lowest BCUT2D eigenvalue weighted by Gasteiger charge is -2.47. The second kappa shape index (κ2) is 6.90. The van der Waals surface area contributed by atoms with Crippen molar-refractivity contribution in [3.8, 4) is 11.3 Å². The van der Waals surface area contributed by atoms with E-state index in [0.29, 0.717) is 17.8 Å². The van der Waals surface area contributed by atoms with Crippen LogP contribution in [0.2, 0.25) is 0 Å². The van der Waals surface area contributed by atoms with Gasteiger partial charge in [0.25, 0.3) is 5.56 Å². The number of pyridine rings is 1. The van der Waals surface area contributed by atoms with Gasteiger partial charge in [-0.25, -0.2) is 9.67 Å². The predicted molar refractivity (Wildman–Crippen MR) is 98.7 cm³/mol. The van der Waals surface area contributed by atoms with Gasteiger partial charge in [-0.05, 0) is 56.7 Å². The van der Waals surface area contributed by atoms with Crippen molar-refractivity contribution < 1.29 is 4.79 Å². The highest BCUT2D eigenvalue weighted by molar-refractivity contribution is 5.73. The summed E-state index contributed by atoms with van der Waals surface area (Å²) < 4.78 is 1.08. The van der Waals surface area contributed by atoms with E-state index in [0.717, 1.165) is 16.1 Å². The molecule has 2 aromatic heterocycles. The maximum Gasteiger partial charge on any atom is 0.267 e.